The van der Waals surface area contributed by atoms with E-state index in [0.717, 1.165) is 30.0 Å². The van der Waals surface area contributed by atoms with E-state index < -0.39 is 5.97 Å². The van der Waals surface area contributed by atoms with Gasteiger partial charge in [0, 0.05) is 18.6 Å². The van der Waals surface area contributed by atoms with Crippen LogP contribution in [0.15, 0.2) is 78.9 Å². The molecule has 0 amide bonds. The molecule has 0 spiro atoms. The van der Waals surface area contributed by atoms with Crippen molar-refractivity contribution >= 4 is 5.97 Å². The number of carboxylic acid groups (broad SMARTS) is 1. The molecule has 3 saturated heterocycles. The fourth-order valence-corrected chi connectivity index (χ4v) is 5.42. The summed E-state index contributed by atoms with van der Waals surface area (Å²) < 4.78 is 0. The van der Waals surface area contributed by atoms with Crippen LogP contribution in [0.5, 0.6) is 0 Å². The molecule has 6 rings (SSSR count). The molecular formula is C28H30N2O2. The predicted molar refractivity (Wildman–Crippen MR) is 128 cm³/mol. The van der Waals surface area contributed by atoms with Crippen molar-refractivity contribution in [1.82, 2.24) is 10.2 Å². The number of piperidine rings is 3. The fourth-order valence-electron chi connectivity index (χ4n) is 5.42. The van der Waals surface area contributed by atoms with Gasteiger partial charge in [-0.05, 0) is 72.7 Å². The minimum absolute atomic E-state index is 0.320. The van der Waals surface area contributed by atoms with Gasteiger partial charge in [0.25, 0.3) is 0 Å². The number of hydrogen-bond acceptors (Lipinski definition) is 3. The largest absolute Gasteiger partial charge is 0.478 e. The summed E-state index contributed by atoms with van der Waals surface area (Å²) in [7, 11) is 0. The van der Waals surface area contributed by atoms with Crippen LogP contribution in [0.4, 0.5) is 0 Å². The highest BCUT2D eigenvalue weighted by atomic mass is 16.4. The van der Waals surface area contributed by atoms with Gasteiger partial charge in [-0.1, -0.05) is 66.7 Å². The molecule has 32 heavy (non-hydrogen) atoms. The topological polar surface area (TPSA) is 52.6 Å². The summed E-state index contributed by atoms with van der Waals surface area (Å²) in [6.07, 6.45) is 3.66. The van der Waals surface area contributed by atoms with E-state index in [-0.39, 0.29) is 0 Å². The minimum Gasteiger partial charge on any atom is -0.478 e. The first-order chi connectivity index (χ1) is 15.7. The number of nitrogens with one attached hydrogen (secondary N) is 1. The first-order valence-electron chi connectivity index (χ1n) is 11.6. The van der Waals surface area contributed by atoms with Crippen LogP contribution in [0.1, 0.15) is 34.3 Å². The molecule has 3 fully saturated rings. The third-order valence-electron chi connectivity index (χ3n) is 7.21. The Hall–Kier alpha value is -2.95. The highest BCUT2D eigenvalue weighted by molar-refractivity contribution is 5.88. The Morgan fingerprint density at radius 3 is 2.09 bits per heavy atom. The summed E-state index contributed by atoms with van der Waals surface area (Å²) in [5.41, 5.74) is 5.20. The van der Waals surface area contributed by atoms with Crippen molar-refractivity contribution in [2.24, 2.45) is 5.92 Å². The van der Waals surface area contributed by atoms with Gasteiger partial charge in [0.05, 0.1) is 5.56 Å². The number of aromatic carboxylic acids is 1. The van der Waals surface area contributed by atoms with Crippen LogP contribution in [0, 0.1) is 5.92 Å². The number of benzene rings is 3. The predicted octanol–water partition coefficient (Wildman–Crippen LogP) is 4.85. The number of fused-ring (bicyclic) bond motifs is 3. The van der Waals surface area contributed by atoms with Crippen LogP contribution in [0.25, 0.3) is 11.1 Å². The van der Waals surface area contributed by atoms with Gasteiger partial charge < -0.3 is 10.4 Å². The van der Waals surface area contributed by atoms with Gasteiger partial charge in [-0.25, -0.2) is 4.79 Å². The molecule has 164 valence electrons. The SMILES string of the molecule is O=C(O)c1ccc(-c2ccc(CC3C(NCc4ccccc4)C4CCN3CC4)cc2)cc1. The molecule has 4 nitrogen and oxygen atoms in total. The maximum atomic E-state index is 11.1. The Labute approximate surface area is 189 Å². The fraction of sp³-hybridized carbons (Fsp3) is 0.321. The summed E-state index contributed by atoms with van der Waals surface area (Å²) in [5, 5.41) is 13.0. The molecule has 0 radical (unpaired) electrons. The van der Waals surface area contributed by atoms with Gasteiger partial charge >= 0.3 is 5.97 Å². The maximum absolute atomic E-state index is 11.1. The van der Waals surface area contributed by atoms with Crippen molar-refractivity contribution in [2.45, 2.75) is 37.9 Å². The van der Waals surface area contributed by atoms with Gasteiger partial charge in [0.2, 0.25) is 0 Å². The first-order valence-corrected chi connectivity index (χ1v) is 11.6. The van der Waals surface area contributed by atoms with E-state index >= 15 is 0 Å². The Bertz CT molecular complexity index is 1040. The molecule has 3 heterocycles. The molecule has 3 aliphatic heterocycles. The van der Waals surface area contributed by atoms with Crippen LogP contribution < -0.4 is 5.32 Å². The summed E-state index contributed by atoms with van der Waals surface area (Å²) in [6.45, 7) is 3.36. The second-order valence-corrected chi connectivity index (χ2v) is 9.12. The van der Waals surface area contributed by atoms with Gasteiger partial charge in [0.15, 0.2) is 0 Å². The average Bonchev–Trinajstić information content (AvgIpc) is 2.85. The quantitative estimate of drug-likeness (QED) is 0.567. The second kappa shape index (κ2) is 9.27. The average molecular weight is 427 g/mol. The highest BCUT2D eigenvalue weighted by Gasteiger charge is 2.41. The standard InChI is InChI=1S/C28H30N2O2/c31-28(32)25-12-10-23(11-13-25)22-8-6-20(7-9-22)18-26-27(24-14-16-30(26)17-15-24)29-19-21-4-2-1-3-5-21/h1-13,24,26-27,29H,14-19H2,(H,31,32). The van der Waals surface area contributed by atoms with Crippen molar-refractivity contribution < 1.29 is 9.90 Å². The molecule has 0 aliphatic carbocycles. The lowest BCUT2D eigenvalue weighted by atomic mass is 9.76. The zero-order valence-electron chi connectivity index (χ0n) is 18.3. The number of carboxylic acids is 1. The lowest BCUT2D eigenvalue weighted by Crippen LogP contribution is -2.63. The van der Waals surface area contributed by atoms with Gasteiger partial charge in [-0.3, -0.25) is 4.90 Å². The van der Waals surface area contributed by atoms with Gasteiger partial charge in [-0.15, -0.1) is 0 Å². The molecular weight excluding hydrogens is 396 g/mol. The molecule has 3 aromatic carbocycles. The minimum atomic E-state index is -0.890. The van der Waals surface area contributed by atoms with Crippen molar-refractivity contribution in [3.8, 4) is 11.1 Å². The van der Waals surface area contributed by atoms with Crippen molar-refractivity contribution in [2.75, 3.05) is 13.1 Å². The van der Waals surface area contributed by atoms with Crippen LogP contribution >= 0.6 is 0 Å². The molecule has 2 atom stereocenters. The monoisotopic (exact) mass is 426 g/mol. The molecule has 2 N–H and O–H groups in total. The van der Waals surface area contributed by atoms with Crippen LogP contribution in [0.3, 0.4) is 0 Å². The van der Waals surface area contributed by atoms with Crippen molar-refractivity contribution in [1.29, 1.82) is 0 Å². The van der Waals surface area contributed by atoms with Gasteiger partial charge in [0.1, 0.15) is 0 Å². The summed E-state index contributed by atoms with van der Waals surface area (Å²) >= 11 is 0. The second-order valence-electron chi connectivity index (χ2n) is 9.12. The number of nitrogens with zero attached hydrogens (tertiary/aromatic N) is 1. The van der Waals surface area contributed by atoms with Crippen molar-refractivity contribution in [3.63, 3.8) is 0 Å². The van der Waals surface area contributed by atoms with Crippen LogP contribution in [0.2, 0.25) is 0 Å². The maximum Gasteiger partial charge on any atom is 0.335 e. The molecule has 3 aromatic rings. The van der Waals surface area contributed by atoms with Crippen LogP contribution in [-0.2, 0) is 13.0 Å². The van der Waals surface area contributed by atoms with E-state index in [4.69, 9.17) is 5.11 Å². The van der Waals surface area contributed by atoms with E-state index in [0.29, 0.717) is 17.6 Å². The number of rotatable bonds is 7. The summed E-state index contributed by atoms with van der Waals surface area (Å²) in [5.74, 6) is -0.125. The smallest absolute Gasteiger partial charge is 0.335 e. The van der Waals surface area contributed by atoms with Crippen LogP contribution in [-0.4, -0.2) is 41.1 Å². The van der Waals surface area contributed by atoms with E-state index in [1.54, 1.807) is 12.1 Å². The van der Waals surface area contributed by atoms with Gasteiger partial charge in [-0.2, -0.15) is 0 Å². The Kier molecular flexibility index (Phi) is 6.06. The molecule has 2 unspecified atom stereocenters. The third-order valence-corrected chi connectivity index (χ3v) is 7.21. The zero-order valence-corrected chi connectivity index (χ0v) is 18.3. The molecule has 4 heteroatoms. The Morgan fingerprint density at radius 1 is 0.844 bits per heavy atom. The highest BCUT2D eigenvalue weighted by Crippen LogP contribution is 2.34. The normalized spacial score (nSPS) is 24.4. The molecule has 0 aromatic heterocycles. The summed E-state index contributed by atoms with van der Waals surface area (Å²) in [6, 6.07) is 27.7. The molecule has 3 aliphatic rings. The lowest BCUT2D eigenvalue weighted by molar-refractivity contribution is 0.0127. The molecule has 2 bridgehead atoms. The van der Waals surface area contributed by atoms with E-state index in [1.165, 1.54) is 37.1 Å². The lowest BCUT2D eigenvalue weighted by Gasteiger charge is -2.51. The van der Waals surface area contributed by atoms with E-state index in [9.17, 15) is 4.79 Å². The third kappa shape index (κ3) is 4.47. The van der Waals surface area contributed by atoms with E-state index in [2.05, 4.69) is 64.8 Å². The Balaban J connectivity index is 1.28. The Morgan fingerprint density at radius 2 is 1.47 bits per heavy atom. The first kappa shape index (κ1) is 20.9. The number of hydrogen-bond donors (Lipinski definition) is 2. The zero-order chi connectivity index (χ0) is 21.9. The number of carbonyl (C=O) groups is 1. The van der Waals surface area contributed by atoms with Crippen molar-refractivity contribution in [3.05, 3.63) is 95.6 Å². The molecule has 0 saturated carbocycles. The summed E-state index contributed by atoms with van der Waals surface area (Å²) in [4.78, 5) is 13.8. The van der Waals surface area contributed by atoms with E-state index in [1.807, 2.05) is 12.1 Å².